The van der Waals surface area contributed by atoms with Gasteiger partial charge in [-0.25, -0.2) is 4.98 Å². The number of hydrogen-bond donors (Lipinski definition) is 1. The van der Waals surface area contributed by atoms with E-state index in [4.69, 9.17) is 5.73 Å². The number of nitrogens with two attached hydrogens (primary N) is 1. The fraction of sp³-hybridized carbons (Fsp3) is 0.200. The van der Waals surface area contributed by atoms with Crippen LogP contribution in [0.2, 0.25) is 0 Å². The molecule has 0 saturated carbocycles. The number of rotatable bonds is 2. The number of nitrogens with zero attached hydrogens (tertiary/aromatic N) is 2. The maximum absolute atomic E-state index is 12.5. The molecule has 17 heavy (non-hydrogen) atoms. The van der Waals surface area contributed by atoms with E-state index in [0.29, 0.717) is 11.3 Å². The molecule has 0 aliphatic rings. The Labute approximate surface area is 93.9 Å². The zero-order valence-corrected chi connectivity index (χ0v) is 8.53. The summed E-state index contributed by atoms with van der Waals surface area (Å²) < 4.78 is 38.7. The lowest BCUT2D eigenvalue weighted by Gasteiger charge is -2.07. The van der Waals surface area contributed by atoms with Crippen molar-refractivity contribution in [1.29, 1.82) is 0 Å². The summed E-state index contributed by atoms with van der Waals surface area (Å²) in [5.41, 5.74) is 4.87. The molecule has 0 spiro atoms. The van der Waals surface area contributed by atoms with Crippen LogP contribution in [0.4, 0.5) is 13.2 Å². The summed E-state index contributed by atoms with van der Waals surface area (Å²) in [6.07, 6.45) is -2.34. The Balaban J connectivity index is 2.54. The van der Waals surface area contributed by atoms with Crippen LogP contribution in [0.25, 0.3) is 5.65 Å². The van der Waals surface area contributed by atoms with Crippen LogP contribution in [0.15, 0.2) is 24.5 Å². The number of amides is 1. The average Bonchev–Trinajstić information content (AvgIpc) is 2.59. The highest BCUT2D eigenvalue weighted by Gasteiger charge is 2.31. The predicted octanol–water partition coefficient (Wildman–Crippen LogP) is 1.38. The van der Waals surface area contributed by atoms with E-state index in [1.54, 1.807) is 0 Å². The van der Waals surface area contributed by atoms with Crippen LogP contribution in [0, 0.1) is 0 Å². The highest BCUT2D eigenvalue weighted by atomic mass is 19.4. The number of primary amides is 1. The molecule has 2 rings (SSSR count). The molecular formula is C10H8F3N3O. The fourth-order valence-corrected chi connectivity index (χ4v) is 1.51. The molecule has 0 saturated heterocycles. The molecule has 2 heterocycles. The van der Waals surface area contributed by atoms with Gasteiger partial charge in [0, 0.05) is 12.4 Å². The molecule has 2 N–H and O–H groups in total. The molecule has 2 aromatic heterocycles. The second kappa shape index (κ2) is 3.76. The van der Waals surface area contributed by atoms with Crippen molar-refractivity contribution < 1.29 is 18.0 Å². The number of pyridine rings is 1. The third-order valence-electron chi connectivity index (χ3n) is 2.26. The van der Waals surface area contributed by atoms with E-state index in [0.717, 1.165) is 12.3 Å². The molecule has 4 nitrogen and oxygen atoms in total. The third-order valence-corrected chi connectivity index (χ3v) is 2.26. The Morgan fingerprint density at radius 3 is 2.71 bits per heavy atom. The first-order valence-corrected chi connectivity index (χ1v) is 4.69. The summed E-state index contributed by atoms with van der Waals surface area (Å²) in [6, 6.07) is 2.18. The quantitative estimate of drug-likeness (QED) is 0.866. The molecule has 2 aromatic rings. The molecule has 0 aliphatic heterocycles. The van der Waals surface area contributed by atoms with E-state index in [9.17, 15) is 18.0 Å². The minimum atomic E-state index is -4.43. The summed E-state index contributed by atoms with van der Waals surface area (Å²) in [4.78, 5) is 14.6. The van der Waals surface area contributed by atoms with Crippen molar-refractivity contribution in [2.24, 2.45) is 5.73 Å². The minimum absolute atomic E-state index is 0.150. The van der Waals surface area contributed by atoms with Crippen molar-refractivity contribution in [3.63, 3.8) is 0 Å². The summed E-state index contributed by atoms with van der Waals surface area (Å²) >= 11 is 0. The van der Waals surface area contributed by atoms with E-state index in [1.807, 2.05) is 0 Å². The van der Waals surface area contributed by atoms with Crippen molar-refractivity contribution in [2.75, 3.05) is 0 Å². The molecule has 0 aromatic carbocycles. The monoisotopic (exact) mass is 243 g/mol. The molecule has 0 radical (unpaired) electrons. The van der Waals surface area contributed by atoms with Gasteiger partial charge in [-0.1, -0.05) is 0 Å². The van der Waals surface area contributed by atoms with Gasteiger partial charge in [-0.3, -0.25) is 4.79 Å². The van der Waals surface area contributed by atoms with Crippen LogP contribution in [0.1, 0.15) is 11.3 Å². The fourth-order valence-electron chi connectivity index (χ4n) is 1.51. The molecule has 7 heteroatoms. The summed E-state index contributed by atoms with van der Waals surface area (Å²) in [7, 11) is 0. The Morgan fingerprint density at radius 2 is 2.12 bits per heavy atom. The highest BCUT2D eigenvalue weighted by molar-refractivity contribution is 5.76. The van der Waals surface area contributed by atoms with Crippen molar-refractivity contribution in [2.45, 2.75) is 12.6 Å². The van der Waals surface area contributed by atoms with E-state index in [-0.39, 0.29) is 6.42 Å². The van der Waals surface area contributed by atoms with Gasteiger partial charge in [0.25, 0.3) is 0 Å². The lowest BCUT2D eigenvalue weighted by Crippen LogP contribution is -2.15. The van der Waals surface area contributed by atoms with Gasteiger partial charge in [-0.15, -0.1) is 0 Å². The summed E-state index contributed by atoms with van der Waals surface area (Å²) in [5.74, 6) is -0.621. The molecular weight excluding hydrogens is 235 g/mol. The molecule has 0 bridgehead atoms. The van der Waals surface area contributed by atoms with Gasteiger partial charge in [0.1, 0.15) is 5.65 Å². The first-order valence-electron chi connectivity index (χ1n) is 4.69. The van der Waals surface area contributed by atoms with Gasteiger partial charge in [0.15, 0.2) is 0 Å². The Kier molecular flexibility index (Phi) is 2.53. The number of halogens is 3. The average molecular weight is 243 g/mol. The van der Waals surface area contributed by atoms with Crippen molar-refractivity contribution in [3.05, 3.63) is 35.8 Å². The van der Waals surface area contributed by atoms with E-state index < -0.39 is 17.6 Å². The standard InChI is InChI=1S/C10H8F3N3O/c11-10(12,13)6-1-2-9-15-4-7(3-8(14)17)16(9)5-6/h1-2,4-5H,3H2,(H2,14,17). The van der Waals surface area contributed by atoms with E-state index in [1.165, 1.54) is 16.7 Å². The van der Waals surface area contributed by atoms with Crippen LogP contribution in [0.5, 0.6) is 0 Å². The van der Waals surface area contributed by atoms with Crippen LogP contribution in [0.3, 0.4) is 0 Å². The van der Waals surface area contributed by atoms with Crippen LogP contribution >= 0.6 is 0 Å². The minimum Gasteiger partial charge on any atom is -0.369 e. The smallest absolute Gasteiger partial charge is 0.369 e. The second-order valence-corrected chi connectivity index (χ2v) is 3.54. The van der Waals surface area contributed by atoms with Crippen molar-refractivity contribution in [1.82, 2.24) is 9.38 Å². The molecule has 0 fully saturated rings. The predicted molar refractivity (Wildman–Crippen MR) is 53.1 cm³/mol. The van der Waals surface area contributed by atoms with E-state index in [2.05, 4.69) is 4.98 Å². The van der Waals surface area contributed by atoms with Gasteiger partial charge in [0.05, 0.1) is 17.7 Å². The normalized spacial score (nSPS) is 11.9. The van der Waals surface area contributed by atoms with Gasteiger partial charge in [0.2, 0.25) is 5.91 Å². The van der Waals surface area contributed by atoms with Crippen LogP contribution in [-0.4, -0.2) is 15.3 Å². The number of hydrogen-bond acceptors (Lipinski definition) is 2. The lowest BCUT2D eigenvalue weighted by molar-refractivity contribution is -0.137. The molecule has 90 valence electrons. The van der Waals surface area contributed by atoms with Crippen LogP contribution < -0.4 is 5.73 Å². The lowest BCUT2D eigenvalue weighted by atomic mass is 10.2. The van der Waals surface area contributed by atoms with Gasteiger partial charge in [-0.2, -0.15) is 13.2 Å². The summed E-state index contributed by atoms with van der Waals surface area (Å²) in [5, 5.41) is 0. The molecule has 0 unspecified atom stereocenters. The zero-order valence-electron chi connectivity index (χ0n) is 8.53. The SMILES string of the molecule is NC(=O)Cc1cnc2ccc(C(F)(F)F)cn12. The van der Waals surface area contributed by atoms with Crippen LogP contribution in [-0.2, 0) is 17.4 Å². The number of carbonyl (C=O) groups is 1. The number of aromatic nitrogens is 2. The first kappa shape index (κ1) is 11.4. The first-order chi connectivity index (χ1) is 7.88. The molecule has 0 atom stereocenters. The van der Waals surface area contributed by atoms with Crippen molar-refractivity contribution in [3.8, 4) is 0 Å². The van der Waals surface area contributed by atoms with Gasteiger partial charge in [-0.05, 0) is 12.1 Å². The number of carbonyl (C=O) groups excluding carboxylic acids is 1. The maximum Gasteiger partial charge on any atom is 0.417 e. The van der Waals surface area contributed by atoms with Crippen molar-refractivity contribution >= 4 is 11.6 Å². The Morgan fingerprint density at radius 1 is 1.41 bits per heavy atom. The second-order valence-electron chi connectivity index (χ2n) is 3.54. The maximum atomic E-state index is 12.5. The topological polar surface area (TPSA) is 60.4 Å². The summed E-state index contributed by atoms with van der Waals surface area (Å²) in [6.45, 7) is 0. The van der Waals surface area contributed by atoms with Gasteiger partial charge < -0.3 is 10.1 Å². The van der Waals surface area contributed by atoms with Gasteiger partial charge >= 0.3 is 6.18 Å². The molecule has 1 amide bonds. The largest absolute Gasteiger partial charge is 0.417 e. The Bertz CT molecular complexity index is 574. The number of fused-ring (bicyclic) bond motifs is 1. The Hall–Kier alpha value is -2.05. The number of alkyl halides is 3. The highest BCUT2D eigenvalue weighted by Crippen LogP contribution is 2.29. The molecule has 0 aliphatic carbocycles. The zero-order chi connectivity index (χ0) is 12.6. The third kappa shape index (κ3) is 2.22. The van der Waals surface area contributed by atoms with E-state index >= 15 is 0 Å². The number of imidazole rings is 1.